The van der Waals surface area contributed by atoms with Gasteiger partial charge in [0.25, 0.3) is 0 Å². The first-order chi connectivity index (χ1) is 11.5. The predicted molar refractivity (Wildman–Crippen MR) is 92.3 cm³/mol. The lowest BCUT2D eigenvalue weighted by atomic mass is 9.96. The van der Waals surface area contributed by atoms with Gasteiger partial charge in [-0.05, 0) is 55.2 Å². The Kier molecular flexibility index (Phi) is 4.99. The molecule has 1 fully saturated rings. The van der Waals surface area contributed by atoms with Crippen molar-refractivity contribution in [3.8, 4) is 0 Å². The number of rotatable bonds is 5. The van der Waals surface area contributed by atoms with E-state index in [1.54, 1.807) is 18.5 Å². The van der Waals surface area contributed by atoms with E-state index in [0.29, 0.717) is 18.1 Å². The minimum Gasteiger partial charge on any atom is -0.379 e. The maximum atomic E-state index is 12.8. The van der Waals surface area contributed by atoms with Crippen LogP contribution in [0, 0.1) is 19.8 Å². The third-order valence-electron chi connectivity index (χ3n) is 4.39. The number of nitrogens with one attached hydrogen (secondary N) is 1. The maximum absolute atomic E-state index is 12.8. The lowest BCUT2D eigenvalue weighted by molar-refractivity contribution is 0.183. The summed E-state index contributed by atoms with van der Waals surface area (Å²) in [6.45, 7) is 4.67. The fraction of sp³-hybridized carbons (Fsp3) is 0.389. The average molecular weight is 346 g/mol. The van der Waals surface area contributed by atoms with Gasteiger partial charge in [-0.1, -0.05) is 12.1 Å². The van der Waals surface area contributed by atoms with Gasteiger partial charge in [-0.3, -0.25) is 4.98 Å². The molecule has 6 heteroatoms. The van der Waals surface area contributed by atoms with Gasteiger partial charge in [0.2, 0.25) is 10.0 Å². The molecule has 1 N–H and O–H groups in total. The molecule has 128 valence electrons. The van der Waals surface area contributed by atoms with Crippen molar-refractivity contribution in [2.24, 2.45) is 5.92 Å². The monoisotopic (exact) mass is 346 g/mol. The summed E-state index contributed by atoms with van der Waals surface area (Å²) in [6.07, 6.45) is 4.27. The van der Waals surface area contributed by atoms with E-state index >= 15 is 0 Å². The van der Waals surface area contributed by atoms with Gasteiger partial charge >= 0.3 is 0 Å². The Morgan fingerprint density at radius 3 is 2.67 bits per heavy atom. The van der Waals surface area contributed by atoms with Crippen LogP contribution in [0.15, 0.2) is 47.6 Å². The molecule has 5 nitrogen and oxygen atoms in total. The van der Waals surface area contributed by atoms with Crippen molar-refractivity contribution >= 4 is 10.0 Å². The Hall–Kier alpha value is -1.76. The molecule has 0 saturated carbocycles. The van der Waals surface area contributed by atoms with E-state index < -0.39 is 10.0 Å². The van der Waals surface area contributed by atoms with Crippen LogP contribution in [0.4, 0.5) is 0 Å². The standard InChI is InChI=1S/C18H22N2O3S/c1-13-3-4-14(2)18(9-13)24(21,22)20-17-12-23-11-16(17)10-15-5-7-19-8-6-15/h3-9,16-17,20H,10-12H2,1-2H3/t16-,17-/m1/s1. The van der Waals surface area contributed by atoms with E-state index in [4.69, 9.17) is 4.74 Å². The average Bonchev–Trinajstić information content (AvgIpc) is 2.97. The minimum atomic E-state index is -3.56. The third-order valence-corrected chi connectivity index (χ3v) is 6.02. The number of hydrogen-bond acceptors (Lipinski definition) is 4. The Morgan fingerprint density at radius 2 is 1.92 bits per heavy atom. The summed E-state index contributed by atoms with van der Waals surface area (Å²) in [5, 5.41) is 0. The zero-order chi connectivity index (χ0) is 17.2. The van der Waals surface area contributed by atoms with Crippen molar-refractivity contribution < 1.29 is 13.2 Å². The van der Waals surface area contributed by atoms with Crippen molar-refractivity contribution in [2.75, 3.05) is 13.2 Å². The van der Waals surface area contributed by atoms with Gasteiger partial charge in [0.1, 0.15) is 0 Å². The predicted octanol–water partition coefficient (Wildman–Crippen LogP) is 2.23. The van der Waals surface area contributed by atoms with E-state index in [1.807, 2.05) is 38.1 Å². The summed E-state index contributed by atoms with van der Waals surface area (Å²) < 4.78 is 33.9. The lowest BCUT2D eigenvalue weighted by Gasteiger charge is -2.20. The van der Waals surface area contributed by atoms with Crippen LogP contribution in [0.1, 0.15) is 16.7 Å². The van der Waals surface area contributed by atoms with Gasteiger partial charge in [0.05, 0.1) is 24.2 Å². The molecule has 24 heavy (non-hydrogen) atoms. The van der Waals surface area contributed by atoms with Crippen LogP contribution < -0.4 is 4.72 Å². The van der Waals surface area contributed by atoms with Crippen molar-refractivity contribution in [3.05, 3.63) is 59.4 Å². The molecule has 2 atom stereocenters. The van der Waals surface area contributed by atoms with Gasteiger partial charge in [-0.15, -0.1) is 0 Å². The molecule has 2 aromatic rings. The third kappa shape index (κ3) is 3.83. The summed E-state index contributed by atoms with van der Waals surface area (Å²) in [4.78, 5) is 4.36. The molecule has 1 aromatic heterocycles. The number of benzene rings is 1. The zero-order valence-electron chi connectivity index (χ0n) is 13.9. The van der Waals surface area contributed by atoms with E-state index in [1.165, 1.54) is 0 Å². The molecular weight excluding hydrogens is 324 g/mol. The number of hydrogen-bond donors (Lipinski definition) is 1. The minimum absolute atomic E-state index is 0.118. The normalized spacial score (nSPS) is 21.1. The molecule has 1 saturated heterocycles. The largest absolute Gasteiger partial charge is 0.379 e. The van der Waals surface area contributed by atoms with E-state index in [2.05, 4.69) is 9.71 Å². The van der Waals surface area contributed by atoms with Crippen LogP contribution in [0.2, 0.25) is 0 Å². The number of ether oxygens (including phenoxy) is 1. The van der Waals surface area contributed by atoms with Gasteiger partial charge in [0, 0.05) is 18.3 Å². The fourth-order valence-corrected chi connectivity index (χ4v) is 4.63. The Bertz CT molecular complexity index is 806. The Balaban J connectivity index is 1.77. The van der Waals surface area contributed by atoms with Crippen LogP contribution in [0.25, 0.3) is 0 Å². The highest BCUT2D eigenvalue weighted by Gasteiger charge is 2.32. The maximum Gasteiger partial charge on any atom is 0.241 e. The first-order valence-corrected chi connectivity index (χ1v) is 9.50. The smallest absolute Gasteiger partial charge is 0.241 e. The number of aryl methyl sites for hydroxylation is 2. The Morgan fingerprint density at radius 1 is 1.17 bits per heavy atom. The summed E-state index contributed by atoms with van der Waals surface area (Å²) in [6, 6.07) is 9.15. The molecule has 0 bridgehead atoms. The molecule has 1 aromatic carbocycles. The van der Waals surface area contributed by atoms with Crippen LogP contribution >= 0.6 is 0 Å². The first-order valence-electron chi connectivity index (χ1n) is 8.02. The topological polar surface area (TPSA) is 68.3 Å². The van der Waals surface area contributed by atoms with E-state index in [-0.39, 0.29) is 12.0 Å². The molecule has 3 rings (SSSR count). The van der Waals surface area contributed by atoms with E-state index in [9.17, 15) is 8.42 Å². The molecule has 1 aliphatic rings. The first kappa shape index (κ1) is 17.1. The number of pyridine rings is 1. The van der Waals surface area contributed by atoms with Crippen LogP contribution in [-0.2, 0) is 21.2 Å². The molecule has 0 aliphatic carbocycles. The van der Waals surface area contributed by atoms with Crippen LogP contribution in [0.3, 0.4) is 0 Å². The van der Waals surface area contributed by atoms with Gasteiger partial charge < -0.3 is 4.74 Å². The molecule has 2 heterocycles. The van der Waals surface area contributed by atoms with Gasteiger partial charge in [0.15, 0.2) is 0 Å². The van der Waals surface area contributed by atoms with Crippen molar-refractivity contribution in [1.82, 2.24) is 9.71 Å². The van der Waals surface area contributed by atoms with Crippen LogP contribution in [0.5, 0.6) is 0 Å². The molecule has 0 amide bonds. The van der Waals surface area contributed by atoms with Crippen molar-refractivity contribution in [1.29, 1.82) is 0 Å². The molecule has 0 spiro atoms. The zero-order valence-corrected chi connectivity index (χ0v) is 14.7. The van der Waals surface area contributed by atoms with Crippen LogP contribution in [-0.4, -0.2) is 32.7 Å². The van der Waals surface area contributed by atoms with Gasteiger partial charge in [-0.25, -0.2) is 13.1 Å². The van der Waals surface area contributed by atoms with Crippen molar-refractivity contribution in [2.45, 2.75) is 31.2 Å². The highest BCUT2D eigenvalue weighted by Crippen LogP contribution is 2.23. The second-order valence-corrected chi connectivity index (χ2v) is 8.04. The van der Waals surface area contributed by atoms with Crippen molar-refractivity contribution in [3.63, 3.8) is 0 Å². The van der Waals surface area contributed by atoms with E-state index in [0.717, 1.165) is 23.1 Å². The number of aromatic nitrogens is 1. The molecule has 0 radical (unpaired) electrons. The summed E-state index contributed by atoms with van der Waals surface area (Å²) >= 11 is 0. The molecular formula is C18H22N2O3S. The Labute approximate surface area is 143 Å². The fourth-order valence-electron chi connectivity index (χ4n) is 3.01. The quantitative estimate of drug-likeness (QED) is 0.901. The molecule has 1 aliphatic heterocycles. The highest BCUT2D eigenvalue weighted by atomic mass is 32.2. The SMILES string of the molecule is Cc1ccc(C)c(S(=O)(=O)N[C@@H]2COC[C@H]2Cc2ccncc2)c1. The second kappa shape index (κ2) is 7.01. The summed E-state index contributed by atoms with van der Waals surface area (Å²) in [5.74, 6) is 0.118. The molecule has 0 unspecified atom stereocenters. The second-order valence-electron chi connectivity index (χ2n) is 6.35. The summed E-state index contributed by atoms with van der Waals surface area (Å²) in [5.41, 5.74) is 2.81. The highest BCUT2D eigenvalue weighted by molar-refractivity contribution is 7.89. The lowest BCUT2D eigenvalue weighted by Crippen LogP contribution is -2.40. The number of sulfonamides is 1. The summed E-state index contributed by atoms with van der Waals surface area (Å²) in [7, 11) is -3.56. The number of nitrogens with zero attached hydrogens (tertiary/aromatic N) is 1. The van der Waals surface area contributed by atoms with Gasteiger partial charge in [-0.2, -0.15) is 0 Å².